The van der Waals surface area contributed by atoms with Gasteiger partial charge in [0.15, 0.2) is 5.13 Å². The van der Waals surface area contributed by atoms with E-state index in [0.29, 0.717) is 18.9 Å². The molecule has 1 aromatic heterocycles. The molecule has 1 aliphatic carbocycles. The molecule has 3 N–H and O–H groups in total. The maximum absolute atomic E-state index is 11.9. The van der Waals surface area contributed by atoms with Crippen molar-refractivity contribution in [1.82, 2.24) is 4.98 Å². The second kappa shape index (κ2) is 6.01. The van der Waals surface area contributed by atoms with Crippen molar-refractivity contribution in [1.29, 1.82) is 0 Å². The van der Waals surface area contributed by atoms with Crippen molar-refractivity contribution in [3.05, 3.63) is 11.1 Å². The van der Waals surface area contributed by atoms with Crippen molar-refractivity contribution in [2.75, 3.05) is 11.9 Å². The van der Waals surface area contributed by atoms with Gasteiger partial charge in [0.2, 0.25) is 5.91 Å². The Bertz CT molecular complexity index is 438. The number of carbonyl (C=O) groups excluding carboxylic acids is 1. The van der Waals surface area contributed by atoms with Crippen LogP contribution >= 0.6 is 11.3 Å². The van der Waals surface area contributed by atoms with Gasteiger partial charge in [0.05, 0.1) is 5.69 Å². The number of aromatic nitrogens is 1. The van der Waals surface area contributed by atoms with E-state index in [4.69, 9.17) is 5.73 Å². The second-order valence-electron chi connectivity index (χ2n) is 6.10. The molecule has 2 rings (SSSR count). The van der Waals surface area contributed by atoms with Gasteiger partial charge in [0, 0.05) is 17.7 Å². The van der Waals surface area contributed by atoms with Crippen LogP contribution < -0.4 is 11.1 Å². The van der Waals surface area contributed by atoms with Crippen molar-refractivity contribution in [2.24, 2.45) is 11.1 Å². The van der Waals surface area contributed by atoms with Crippen LogP contribution in [0.4, 0.5) is 5.13 Å². The maximum Gasteiger partial charge on any atom is 0.226 e. The Morgan fingerprint density at radius 1 is 1.53 bits per heavy atom. The molecule has 5 heteroatoms. The number of anilines is 1. The van der Waals surface area contributed by atoms with Crippen molar-refractivity contribution in [3.8, 4) is 0 Å². The topological polar surface area (TPSA) is 68.0 Å². The second-order valence-corrected chi connectivity index (χ2v) is 6.96. The molecule has 1 saturated carbocycles. The number of nitrogens with zero attached hydrogens (tertiary/aromatic N) is 1. The van der Waals surface area contributed by atoms with E-state index in [1.807, 2.05) is 0 Å². The quantitative estimate of drug-likeness (QED) is 0.807. The predicted octanol–water partition coefficient (Wildman–Crippen LogP) is 3.11. The number of hydrogen-bond acceptors (Lipinski definition) is 4. The van der Waals surface area contributed by atoms with Gasteiger partial charge in [-0.1, -0.05) is 13.8 Å². The zero-order valence-corrected chi connectivity index (χ0v) is 12.6. The van der Waals surface area contributed by atoms with Crippen molar-refractivity contribution in [2.45, 2.75) is 51.9 Å². The van der Waals surface area contributed by atoms with Crippen LogP contribution in [0.25, 0.3) is 0 Å². The summed E-state index contributed by atoms with van der Waals surface area (Å²) < 4.78 is 0. The third kappa shape index (κ3) is 4.58. The van der Waals surface area contributed by atoms with Gasteiger partial charge in [-0.15, -0.1) is 11.3 Å². The normalized spacial score (nSPS) is 15.5. The molecule has 19 heavy (non-hydrogen) atoms. The highest BCUT2D eigenvalue weighted by molar-refractivity contribution is 7.13. The van der Waals surface area contributed by atoms with Gasteiger partial charge < -0.3 is 11.1 Å². The standard InChI is InChI=1S/C14H23N3OS/c1-14(2,7-8-15)6-5-12(18)17-13-16-11(9-19-13)10-3-4-10/h9-10H,3-8,15H2,1-2H3,(H,16,17,18). The van der Waals surface area contributed by atoms with Gasteiger partial charge >= 0.3 is 0 Å². The first-order valence-corrected chi connectivity index (χ1v) is 7.83. The monoisotopic (exact) mass is 281 g/mol. The SMILES string of the molecule is CC(C)(CCN)CCC(=O)Nc1nc(C2CC2)cs1. The van der Waals surface area contributed by atoms with E-state index in [-0.39, 0.29) is 11.3 Å². The number of carbonyl (C=O) groups is 1. The number of hydrogen-bond donors (Lipinski definition) is 2. The van der Waals surface area contributed by atoms with Crippen LogP contribution in [-0.4, -0.2) is 17.4 Å². The molecule has 0 aromatic carbocycles. The van der Waals surface area contributed by atoms with Crippen molar-refractivity contribution in [3.63, 3.8) is 0 Å². The number of nitrogens with two attached hydrogens (primary N) is 1. The molecular formula is C14H23N3OS. The smallest absolute Gasteiger partial charge is 0.226 e. The van der Waals surface area contributed by atoms with Crippen LogP contribution in [0.5, 0.6) is 0 Å². The summed E-state index contributed by atoms with van der Waals surface area (Å²) >= 11 is 1.53. The summed E-state index contributed by atoms with van der Waals surface area (Å²) in [6, 6.07) is 0. The molecular weight excluding hydrogens is 258 g/mol. The van der Waals surface area contributed by atoms with Gasteiger partial charge in [-0.05, 0) is 37.6 Å². The lowest BCUT2D eigenvalue weighted by Gasteiger charge is -2.23. The highest BCUT2D eigenvalue weighted by Gasteiger charge is 2.26. The van der Waals surface area contributed by atoms with Crippen LogP contribution in [0, 0.1) is 5.41 Å². The largest absolute Gasteiger partial charge is 0.330 e. The average Bonchev–Trinajstić information content (AvgIpc) is 3.09. The Labute approximate surface area is 118 Å². The number of amides is 1. The van der Waals surface area contributed by atoms with E-state index >= 15 is 0 Å². The molecule has 0 atom stereocenters. The van der Waals surface area contributed by atoms with Gasteiger partial charge in [-0.2, -0.15) is 0 Å². The minimum atomic E-state index is 0.0572. The summed E-state index contributed by atoms with van der Waals surface area (Å²) in [5, 5.41) is 5.70. The van der Waals surface area contributed by atoms with Crippen LogP contribution in [0.15, 0.2) is 5.38 Å². The Hall–Kier alpha value is -0.940. The van der Waals surface area contributed by atoms with E-state index in [1.165, 1.54) is 24.2 Å². The van der Waals surface area contributed by atoms with Gasteiger partial charge in [-0.25, -0.2) is 4.98 Å². The predicted molar refractivity (Wildman–Crippen MR) is 79.4 cm³/mol. The first-order chi connectivity index (χ1) is 9.00. The number of rotatable bonds is 7. The highest BCUT2D eigenvalue weighted by Crippen LogP contribution is 2.40. The Morgan fingerprint density at radius 3 is 2.89 bits per heavy atom. The molecule has 1 aliphatic rings. The van der Waals surface area contributed by atoms with E-state index in [2.05, 4.69) is 29.5 Å². The molecule has 1 aromatic rings. The van der Waals surface area contributed by atoms with Gasteiger partial charge in [0.25, 0.3) is 0 Å². The zero-order chi connectivity index (χ0) is 13.9. The van der Waals surface area contributed by atoms with E-state index in [9.17, 15) is 4.79 Å². The lowest BCUT2D eigenvalue weighted by molar-refractivity contribution is -0.116. The summed E-state index contributed by atoms with van der Waals surface area (Å²) in [6.07, 6.45) is 4.82. The molecule has 0 unspecified atom stereocenters. The molecule has 1 heterocycles. The fraction of sp³-hybridized carbons (Fsp3) is 0.714. The fourth-order valence-electron chi connectivity index (χ4n) is 2.06. The van der Waals surface area contributed by atoms with E-state index in [1.54, 1.807) is 0 Å². The van der Waals surface area contributed by atoms with E-state index in [0.717, 1.165) is 23.7 Å². The molecule has 0 bridgehead atoms. The molecule has 0 spiro atoms. The first-order valence-electron chi connectivity index (χ1n) is 6.95. The molecule has 1 fully saturated rings. The minimum Gasteiger partial charge on any atom is -0.330 e. The molecule has 1 amide bonds. The van der Waals surface area contributed by atoms with Crippen LogP contribution in [0.2, 0.25) is 0 Å². The third-order valence-electron chi connectivity index (χ3n) is 3.61. The summed E-state index contributed by atoms with van der Waals surface area (Å²) in [5.41, 5.74) is 6.85. The maximum atomic E-state index is 11.9. The average molecular weight is 281 g/mol. The summed E-state index contributed by atoms with van der Waals surface area (Å²) in [6.45, 7) is 4.98. The molecule has 106 valence electrons. The minimum absolute atomic E-state index is 0.0572. The van der Waals surface area contributed by atoms with E-state index < -0.39 is 0 Å². The highest BCUT2D eigenvalue weighted by atomic mass is 32.1. The van der Waals surface area contributed by atoms with Crippen molar-refractivity contribution >= 4 is 22.4 Å². The molecule has 4 nitrogen and oxygen atoms in total. The van der Waals surface area contributed by atoms with Crippen LogP contribution in [0.1, 0.15) is 57.6 Å². The number of thiazole rings is 1. The Kier molecular flexibility index (Phi) is 4.58. The Balaban J connectivity index is 1.77. The molecule has 0 saturated heterocycles. The third-order valence-corrected chi connectivity index (χ3v) is 4.39. The van der Waals surface area contributed by atoms with Gasteiger partial charge in [0.1, 0.15) is 0 Å². The Morgan fingerprint density at radius 2 is 2.26 bits per heavy atom. The van der Waals surface area contributed by atoms with Gasteiger partial charge in [-0.3, -0.25) is 4.79 Å². The summed E-state index contributed by atoms with van der Waals surface area (Å²) in [7, 11) is 0. The first kappa shape index (κ1) is 14.5. The lowest BCUT2D eigenvalue weighted by atomic mass is 9.84. The summed E-state index contributed by atoms with van der Waals surface area (Å²) in [4.78, 5) is 16.3. The lowest BCUT2D eigenvalue weighted by Crippen LogP contribution is -2.20. The van der Waals surface area contributed by atoms with Crippen LogP contribution in [0.3, 0.4) is 0 Å². The molecule has 0 aliphatic heterocycles. The number of nitrogens with one attached hydrogen (secondary N) is 1. The molecule has 0 radical (unpaired) electrons. The van der Waals surface area contributed by atoms with Crippen LogP contribution in [-0.2, 0) is 4.79 Å². The fourth-order valence-corrected chi connectivity index (χ4v) is 2.87. The van der Waals surface area contributed by atoms with Crippen molar-refractivity contribution < 1.29 is 4.79 Å². The summed E-state index contributed by atoms with van der Waals surface area (Å²) in [5.74, 6) is 0.701. The zero-order valence-electron chi connectivity index (χ0n) is 11.7.